The SMILES string of the molecule is Cc1cccc(C)c1OCc1nc2c3cnn(-c4cccc(F)c4)c3ncn2n1. The molecule has 5 rings (SSSR count). The van der Waals surface area contributed by atoms with Crippen molar-refractivity contribution in [3.63, 3.8) is 0 Å². The van der Waals surface area contributed by atoms with Gasteiger partial charge in [-0.1, -0.05) is 24.3 Å². The fraction of sp³-hybridized carbons (Fsp3) is 0.143. The van der Waals surface area contributed by atoms with Crippen LogP contribution in [0.1, 0.15) is 17.0 Å². The standard InChI is InChI=1S/C21H17FN6O/c1-13-5-3-6-14(2)19(13)29-11-18-25-21-17-10-24-28(16-8-4-7-15(22)9-16)20(17)23-12-27(21)26-18/h3-10,12H,11H2,1-2H3. The van der Waals surface area contributed by atoms with Crippen LogP contribution in [0.2, 0.25) is 0 Å². The van der Waals surface area contributed by atoms with Crippen molar-refractivity contribution in [2.75, 3.05) is 0 Å². The van der Waals surface area contributed by atoms with Gasteiger partial charge in [-0.15, -0.1) is 5.10 Å². The molecule has 144 valence electrons. The smallest absolute Gasteiger partial charge is 0.189 e. The van der Waals surface area contributed by atoms with Crippen LogP contribution in [0.5, 0.6) is 5.75 Å². The molecule has 0 aliphatic rings. The minimum atomic E-state index is -0.333. The quantitative estimate of drug-likeness (QED) is 0.468. The number of aryl methyl sites for hydroxylation is 2. The minimum Gasteiger partial charge on any atom is -0.485 e. The highest BCUT2D eigenvalue weighted by molar-refractivity contribution is 5.89. The number of ether oxygens (including phenoxy) is 1. The first-order valence-corrected chi connectivity index (χ1v) is 9.13. The lowest BCUT2D eigenvalue weighted by atomic mass is 10.1. The van der Waals surface area contributed by atoms with Gasteiger partial charge in [-0.25, -0.2) is 23.6 Å². The molecule has 0 fully saturated rings. The Morgan fingerprint density at radius 2 is 1.83 bits per heavy atom. The molecule has 0 atom stereocenters. The lowest BCUT2D eigenvalue weighted by Gasteiger charge is -2.09. The van der Waals surface area contributed by atoms with Crippen molar-refractivity contribution in [2.24, 2.45) is 0 Å². The summed E-state index contributed by atoms with van der Waals surface area (Å²) in [6.45, 7) is 4.26. The Morgan fingerprint density at radius 3 is 2.62 bits per heavy atom. The summed E-state index contributed by atoms with van der Waals surface area (Å²) >= 11 is 0. The van der Waals surface area contributed by atoms with Gasteiger partial charge in [-0.05, 0) is 43.2 Å². The van der Waals surface area contributed by atoms with E-state index in [1.54, 1.807) is 33.9 Å². The molecule has 0 saturated carbocycles. The molecular formula is C21H17FN6O. The Bertz CT molecular complexity index is 1340. The molecule has 3 heterocycles. The lowest BCUT2D eigenvalue weighted by Crippen LogP contribution is -2.01. The fourth-order valence-electron chi connectivity index (χ4n) is 3.39. The summed E-state index contributed by atoms with van der Waals surface area (Å²) in [5.74, 6) is 1.05. The summed E-state index contributed by atoms with van der Waals surface area (Å²) in [7, 11) is 0. The molecule has 3 aromatic heterocycles. The maximum absolute atomic E-state index is 13.6. The van der Waals surface area contributed by atoms with Crippen molar-refractivity contribution in [2.45, 2.75) is 20.5 Å². The van der Waals surface area contributed by atoms with Gasteiger partial charge in [0.1, 0.15) is 24.5 Å². The van der Waals surface area contributed by atoms with Crippen molar-refractivity contribution >= 4 is 16.7 Å². The van der Waals surface area contributed by atoms with Crippen LogP contribution in [0.3, 0.4) is 0 Å². The highest BCUT2D eigenvalue weighted by atomic mass is 19.1. The van der Waals surface area contributed by atoms with Crippen molar-refractivity contribution in [3.05, 3.63) is 77.8 Å². The molecule has 8 heteroatoms. The third-order valence-electron chi connectivity index (χ3n) is 4.76. The largest absolute Gasteiger partial charge is 0.485 e. The molecule has 0 amide bonds. The molecule has 0 aliphatic heterocycles. The average molecular weight is 388 g/mol. The zero-order valence-corrected chi connectivity index (χ0v) is 15.9. The predicted molar refractivity (Wildman–Crippen MR) is 106 cm³/mol. The molecule has 0 spiro atoms. The molecule has 0 N–H and O–H groups in total. The van der Waals surface area contributed by atoms with E-state index < -0.39 is 0 Å². The van der Waals surface area contributed by atoms with Crippen molar-refractivity contribution in [1.29, 1.82) is 0 Å². The maximum atomic E-state index is 13.6. The first-order chi connectivity index (χ1) is 14.1. The van der Waals surface area contributed by atoms with Crippen LogP contribution in [0.4, 0.5) is 4.39 Å². The Labute approximate surface area is 165 Å². The second-order valence-electron chi connectivity index (χ2n) is 6.82. The Morgan fingerprint density at radius 1 is 1.03 bits per heavy atom. The van der Waals surface area contributed by atoms with Gasteiger partial charge in [-0.2, -0.15) is 5.10 Å². The Kier molecular flexibility index (Phi) is 3.97. The summed E-state index contributed by atoms with van der Waals surface area (Å²) in [5, 5.41) is 9.54. The summed E-state index contributed by atoms with van der Waals surface area (Å²) in [4.78, 5) is 9.03. The Hall–Kier alpha value is -3.81. The highest BCUT2D eigenvalue weighted by Gasteiger charge is 2.14. The number of para-hydroxylation sites is 1. The number of aromatic nitrogens is 6. The minimum absolute atomic E-state index is 0.243. The first-order valence-electron chi connectivity index (χ1n) is 9.13. The predicted octanol–water partition coefficient (Wildman–Crippen LogP) is 3.80. The second kappa shape index (κ2) is 6.66. The number of halogens is 1. The van der Waals surface area contributed by atoms with Gasteiger partial charge in [0, 0.05) is 0 Å². The van der Waals surface area contributed by atoms with Gasteiger partial charge < -0.3 is 4.74 Å². The van der Waals surface area contributed by atoms with Crippen LogP contribution in [-0.2, 0) is 6.61 Å². The van der Waals surface area contributed by atoms with E-state index in [2.05, 4.69) is 20.2 Å². The number of rotatable bonds is 4. The Balaban J connectivity index is 1.51. The lowest BCUT2D eigenvalue weighted by molar-refractivity contribution is 0.292. The van der Waals surface area contributed by atoms with E-state index >= 15 is 0 Å². The van der Waals surface area contributed by atoms with Crippen molar-refractivity contribution < 1.29 is 9.13 Å². The van der Waals surface area contributed by atoms with Gasteiger partial charge in [0.05, 0.1) is 17.3 Å². The molecule has 29 heavy (non-hydrogen) atoms. The van der Waals surface area contributed by atoms with Crippen LogP contribution in [0.25, 0.3) is 22.4 Å². The van der Waals surface area contributed by atoms with E-state index in [4.69, 9.17) is 4.74 Å². The van der Waals surface area contributed by atoms with Crippen LogP contribution in [-0.4, -0.2) is 29.4 Å². The molecule has 0 aliphatic carbocycles. The van der Waals surface area contributed by atoms with Gasteiger partial charge in [-0.3, -0.25) is 0 Å². The first kappa shape index (κ1) is 17.3. The van der Waals surface area contributed by atoms with Gasteiger partial charge in [0.2, 0.25) is 0 Å². The zero-order chi connectivity index (χ0) is 20.0. The van der Waals surface area contributed by atoms with E-state index in [-0.39, 0.29) is 12.4 Å². The number of fused-ring (bicyclic) bond motifs is 3. The molecule has 0 radical (unpaired) electrons. The van der Waals surface area contributed by atoms with Gasteiger partial charge in [0.25, 0.3) is 0 Å². The number of benzene rings is 2. The third-order valence-corrected chi connectivity index (χ3v) is 4.76. The van der Waals surface area contributed by atoms with Gasteiger partial charge >= 0.3 is 0 Å². The normalized spacial score (nSPS) is 11.4. The molecule has 0 unspecified atom stereocenters. The topological polar surface area (TPSA) is 70.1 Å². The molecule has 2 aromatic carbocycles. The summed E-state index contributed by atoms with van der Waals surface area (Å²) in [5.41, 5.74) is 3.92. The average Bonchev–Trinajstić information content (AvgIpc) is 3.31. The summed E-state index contributed by atoms with van der Waals surface area (Å²) in [6.07, 6.45) is 3.23. The van der Waals surface area contributed by atoms with Crippen molar-refractivity contribution in [3.8, 4) is 11.4 Å². The van der Waals surface area contributed by atoms with E-state index in [9.17, 15) is 4.39 Å². The number of hydrogen-bond donors (Lipinski definition) is 0. The second-order valence-corrected chi connectivity index (χ2v) is 6.82. The van der Waals surface area contributed by atoms with Gasteiger partial charge in [0.15, 0.2) is 17.1 Å². The van der Waals surface area contributed by atoms with Crippen LogP contribution in [0.15, 0.2) is 55.0 Å². The molecule has 0 saturated heterocycles. The number of nitrogens with zero attached hydrogens (tertiary/aromatic N) is 6. The maximum Gasteiger partial charge on any atom is 0.189 e. The van der Waals surface area contributed by atoms with E-state index in [0.29, 0.717) is 22.8 Å². The van der Waals surface area contributed by atoms with E-state index in [1.807, 2.05) is 32.0 Å². The third kappa shape index (κ3) is 2.98. The highest BCUT2D eigenvalue weighted by Crippen LogP contribution is 2.24. The number of hydrogen-bond acceptors (Lipinski definition) is 5. The fourth-order valence-corrected chi connectivity index (χ4v) is 3.39. The summed E-state index contributed by atoms with van der Waals surface area (Å²) < 4.78 is 22.7. The van der Waals surface area contributed by atoms with Crippen LogP contribution >= 0.6 is 0 Å². The monoisotopic (exact) mass is 388 g/mol. The molecule has 7 nitrogen and oxygen atoms in total. The van der Waals surface area contributed by atoms with E-state index in [1.165, 1.54) is 12.1 Å². The molecule has 0 bridgehead atoms. The van der Waals surface area contributed by atoms with Crippen molar-refractivity contribution in [1.82, 2.24) is 29.4 Å². The van der Waals surface area contributed by atoms with Crippen LogP contribution < -0.4 is 4.74 Å². The summed E-state index contributed by atoms with van der Waals surface area (Å²) in [6, 6.07) is 12.2. The molecular weight excluding hydrogens is 371 g/mol. The zero-order valence-electron chi connectivity index (χ0n) is 15.9. The molecule has 5 aromatic rings. The van der Waals surface area contributed by atoms with E-state index in [0.717, 1.165) is 22.3 Å². The van der Waals surface area contributed by atoms with Crippen LogP contribution in [0, 0.1) is 19.7 Å².